The topological polar surface area (TPSA) is 42.4 Å². The highest BCUT2D eigenvalue weighted by atomic mass is 16.5. The first-order chi connectivity index (χ1) is 8.16. The molecule has 1 saturated heterocycles. The fourth-order valence-electron chi connectivity index (χ4n) is 2.01. The molecule has 0 bridgehead atoms. The highest BCUT2D eigenvalue weighted by molar-refractivity contribution is 5.93. The van der Waals surface area contributed by atoms with Gasteiger partial charge in [-0.3, -0.25) is 4.79 Å². The van der Waals surface area contributed by atoms with E-state index in [1.165, 1.54) is 0 Å². The van der Waals surface area contributed by atoms with E-state index in [0.717, 1.165) is 31.8 Å². The molecule has 0 aliphatic carbocycles. The fourth-order valence-corrected chi connectivity index (χ4v) is 2.01. The number of hydrogen-bond donors (Lipinski definition) is 0. The standard InChI is InChI=1S/C13H18N2O2/c1-10(16)11-5-6-13(14-8-11)15(2)9-12-4-3-7-17-12/h5-6,8,12H,3-4,7,9H2,1-2H3. The SMILES string of the molecule is CC(=O)c1ccc(N(C)CC2CCCO2)nc1. The Balaban J connectivity index is 1.98. The lowest BCUT2D eigenvalue weighted by Gasteiger charge is -2.21. The highest BCUT2D eigenvalue weighted by Gasteiger charge is 2.18. The van der Waals surface area contributed by atoms with Crippen molar-refractivity contribution in [2.24, 2.45) is 0 Å². The van der Waals surface area contributed by atoms with Gasteiger partial charge in [-0.1, -0.05) is 0 Å². The summed E-state index contributed by atoms with van der Waals surface area (Å²) in [5.41, 5.74) is 0.652. The number of carbonyl (C=O) groups excluding carboxylic acids is 1. The summed E-state index contributed by atoms with van der Waals surface area (Å²) >= 11 is 0. The van der Waals surface area contributed by atoms with Gasteiger partial charge in [0.05, 0.1) is 6.10 Å². The molecule has 0 radical (unpaired) electrons. The van der Waals surface area contributed by atoms with Crippen molar-refractivity contribution < 1.29 is 9.53 Å². The van der Waals surface area contributed by atoms with E-state index in [9.17, 15) is 4.79 Å². The van der Waals surface area contributed by atoms with E-state index in [2.05, 4.69) is 9.88 Å². The number of hydrogen-bond acceptors (Lipinski definition) is 4. The maximum Gasteiger partial charge on any atom is 0.161 e. The van der Waals surface area contributed by atoms with Gasteiger partial charge in [-0.2, -0.15) is 0 Å². The zero-order valence-electron chi connectivity index (χ0n) is 10.3. The minimum absolute atomic E-state index is 0.0471. The van der Waals surface area contributed by atoms with Crippen LogP contribution in [0.2, 0.25) is 0 Å². The molecular formula is C13H18N2O2. The van der Waals surface area contributed by atoms with Gasteiger partial charge in [0.25, 0.3) is 0 Å². The molecule has 4 nitrogen and oxygen atoms in total. The molecule has 92 valence electrons. The second-order valence-electron chi connectivity index (χ2n) is 4.48. The molecule has 0 N–H and O–H groups in total. The van der Waals surface area contributed by atoms with Crippen LogP contribution in [0.1, 0.15) is 30.1 Å². The first-order valence-electron chi connectivity index (χ1n) is 5.96. The van der Waals surface area contributed by atoms with Crippen LogP contribution in [0.4, 0.5) is 5.82 Å². The molecule has 0 aromatic carbocycles. The summed E-state index contributed by atoms with van der Waals surface area (Å²) in [6.45, 7) is 3.27. The summed E-state index contributed by atoms with van der Waals surface area (Å²) in [6.07, 6.45) is 4.21. The highest BCUT2D eigenvalue weighted by Crippen LogP contribution is 2.16. The second kappa shape index (κ2) is 5.27. The predicted octanol–water partition coefficient (Wildman–Crippen LogP) is 1.90. The number of anilines is 1. The van der Waals surface area contributed by atoms with Crippen LogP contribution in [0.25, 0.3) is 0 Å². The van der Waals surface area contributed by atoms with Gasteiger partial charge >= 0.3 is 0 Å². The van der Waals surface area contributed by atoms with Crippen LogP contribution < -0.4 is 4.90 Å². The third kappa shape index (κ3) is 3.03. The summed E-state index contributed by atoms with van der Waals surface area (Å²) in [5, 5.41) is 0. The van der Waals surface area contributed by atoms with Crippen LogP contribution in [0, 0.1) is 0 Å². The molecule has 1 aromatic heterocycles. The van der Waals surface area contributed by atoms with E-state index in [1.807, 2.05) is 19.2 Å². The van der Waals surface area contributed by atoms with Gasteiger partial charge in [-0.15, -0.1) is 0 Å². The maximum absolute atomic E-state index is 11.1. The minimum atomic E-state index is 0.0471. The molecule has 1 fully saturated rings. The van der Waals surface area contributed by atoms with Crippen molar-refractivity contribution >= 4 is 11.6 Å². The van der Waals surface area contributed by atoms with Crippen LogP contribution in [-0.4, -0.2) is 37.1 Å². The molecule has 1 aromatic rings. The van der Waals surface area contributed by atoms with Crippen molar-refractivity contribution in [3.63, 3.8) is 0 Å². The minimum Gasteiger partial charge on any atom is -0.376 e. The Morgan fingerprint density at radius 3 is 2.94 bits per heavy atom. The lowest BCUT2D eigenvalue weighted by molar-refractivity contribution is 0.101. The molecule has 17 heavy (non-hydrogen) atoms. The Morgan fingerprint density at radius 2 is 2.41 bits per heavy atom. The number of pyridine rings is 1. The second-order valence-corrected chi connectivity index (χ2v) is 4.48. The number of rotatable bonds is 4. The lowest BCUT2D eigenvalue weighted by Crippen LogP contribution is -2.29. The first-order valence-corrected chi connectivity index (χ1v) is 5.96. The summed E-state index contributed by atoms with van der Waals surface area (Å²) in [4.78, 5) is 17.5. The van der Waals surface area contributed by atoms with E-state index < -0.39 is 0 Å². The predicted molar refractivity (Wildman–Crippen MR) is 66.5 cm³/mol. The number of aromatic nitrogens is 1. The normalized spacial score (nSPS) is 19.3. The summed E-state index contributed by atoms with van der Waals surface area (Å²) < 4.78 is 5.58. The van der Waals surface area contributed by atoms with Crippen molar-refractivity contribution in [3.8, 4) is 0 Å². The van der Waals surface area contributed by atoms with Gasteiger partial charge < -0.3 is 9.64 Å². The van der Waals surface area contributed by atoms with E-state index in [-0.39, 0.29) is 5.78 Å². The van der Waals surface area contributed by atoms with Crippen LogP contribution >= 0.6 is 0 Å². The lowest BCUT2D eigenvalue weighted by atomic mass is 10.2. The molecule has 0 spiro atoms. The average molecular weight is 234 g/mol. The third-order valence-electron chi connectivity index (χ3n) is 3.05. The molecule has 2 heterocycles. The number of Topliss-reactive ketones (excluding diaryl/α,β-unsaturated/α-hetero) is 1. The van der Waals surface area contributed by atoms with Crippen molar-refractivity contribution in [1.82, 2.24) is 4.98 Å². The van der Waals surface area contributed by atoms with Gasteiger partial charge in [-0.05, 0) is 31.9 Å². The number of nitrogens with zero attached hydrogens (tertiary/aromatic N) is 2. The van der Waals surface area contributed by atoms with Crippen LogP contribution in [-0.2, 0) is 4.74 Å². The van der Waals surface area contributed by atoms with E-state index in [4.69, 9.17) is 4.74 Å². The number of likely N-dealkylation sites (N-methyl/N-ethyl adjacent to an activating group) is 1. The molecule has 2 rings (SSSR count). The Hall–Kier alpha value is -1.42. The third-order valence-corrected chi connectivity index (χ3v) is 3.05. The smallest absolute Gasteiger partial charge is 0.161 e. The Bertz CT molecular complexity index is 383. The summed E-state index contributed by atoms with van der Waals surface area (Å²) in [6, 6.07) is 3.70. The average Bonchev–Trinajstić information content (AvgIpc) is 2.82. The number of carbonyl (C=O) groups is 1. The number of ether oxygens (including phenoxy) is 1. The molecule has 1 aliphatic heterocycles. The van der Waals surface area contributed by atoms with Gasteiger partial charge in [0.15, 0.2) is 5.78 Å². The number of ketones is 1. The zero-order chi connectivity index (χ0) is 12.3. The zero-order valence-corrected chi connectivity index (χ0v) is 10.3. The van der Waals surface area contributed by atoms with Gasteiger partial charge in [0.2, 0.25) is 0 Å². The van der Waals surface area contributed by atoms with E-state index in [1.54, 1.807) is 13.1 Å². The van der Waals surface area contributed by atoms with Crippen LogP contribution in [0.5, 0.6) is 0 Å². The first kappa shape index (κ1) is 12.0. The molecular weight excluding hydrogens is 216 g/mol. The Kier molecular flexibility index (Phi) is 3.74. The summed E-state index contributed by atoms with van der Waals surface area (Å²) in [5.74, 6) is 0.927. The molecule has 4 heteroatoms. The van der Waals surface area contributed by atoms with Crippen molar-refractivity contribution in [2.45, 2.75) is 25.9 Å². The summed E-state index contributed by atoms with van der Waals surface area (Å²) in [7, 11) is 2.00. The van der Waals surface area contributed by atoms with Gasteiger partial charge in [-0.25, -0.2) is 4.98 Å². The molecule has 1 unspecified atom stereocenters. The van der Waals surface area contributed by atoms with Crippen LogP contribution in [0.3, 0.4) is 0 Å². The molecule has 1 atom stereocenters. The van der Waals surface area contributed by atoms with Crippen molar-refractivity contribution in [2.75, 3.05) is 25.1 Å². The Morgan fingerprint density at radius 1 is 1.59 bits per heavy atom. The van der Waals surface area contributed by atoms with Crippen molar-refractivity contribution in [3.05, 3.63) is 23.9 Å². The van der Waals surface area contributed by atoms with Gasteiger partial charge in [0.1, 0.15) is 5.82 Å². The van der Waals surface area contributed by atoms with Crippen LogP contribution in [0.15, 0.2) is 18.3 Å². The molecule has 0 saturated carbocycles. The van der Waals surface area contributed by atoms with Crippen molar-refractivity contribution in [1.29, 1.82) is 0 Å². The maximum atomic E-state index is 11.1. The van der Waals surface area contributed by atoms with E-state index >= 15 is 0 Å². The molecule has 1 aliphatic rings. The van der Waals surface area contributed by atoms with Gasteiger partial charge in [0, 0.05) is 32.0 Å². The quantitative estimate of drug-likeness (QED) is 0.746. The monoisotopic (exact) mass is 234 g/mol. The fraction of sp³-hybridized carbons (Fsp3) is 0.538. The Labute approximate surface area is 102 Å². The largest absolute Gasteiger partial charge is 0.376 e. The van der Waals surface area contributed by atoms with E-state index in [0.29, 0.717) is 11.7 Å². The molecule has 0 amide bonds.